The smallest absolute Gasteiger partial charge is 0.161 e. The summed E-state index contributed by atoms with van der Waals surface area (Å²) in [7, 11) is 1.64. The largest absolute Gasteiger partial charge is 0.497 e. The molecule has 0 amide bonds. The van der Waals surface area contributed by atoms with Crippen LogP contribution < -0.4 is 10.1 Å². The Morgan fingerprint density at radius 1 is 1.50 bits per heavy atom. The molecule has 1 aromatic rings. The van der Waals surface area contributed by atoms with Gasteiger partial charge >= 0.3 is 0 Å². The highest BCUT2D eigenvalue weighted by molar-refractivity contribution is 8.14. The van der Waals surface area contributed by atoms with E-state index in [1.807, 2.05) is 18.2 Å². The number of benzene rings is 1. The van der Waals surface area contributed by atoms with Crippen molar-refractivity contribution in [3.8, 4) is 5.75 Å². The van der Waals surface area contributed by atoms with E-state index in [0.29, 0.717) is 17.0 Å². The van der Waals surface area contributed by atoms with Crippen LogP contribution in [0.5, 0.6) is 5.75 Å². The minimum Gasteiger partial charge on any atom is -0.497 e. The van der Waals surface area contributed by atoms with E-state index in [4.69, 9.17) is 16.3 Å². The van der Waals surface area contributed by atoms with Crippen molar-refractivity contribution in [3.05, 3.63) is 23.2 Å². The van der Waals surface area contributed by atoms with Crippen LogP contribution in [-0.2, 0) is 0 Å². The van der Waals surface area contributed by atoms with Crippen molar-refractivity contribution in [2.75, 3.05) is 18.2 Å². The van der Waals surface area contributed by atoms with E-state index < -0.39 is 0 Å². The molecule has 0 aromatic heterocycles. The molecule has 0 radical (unpaired) electrons. The fourth-order valence-corrected chi connectivity index (χ4v) is 2.99. The van der Waals surface area contributed by atoms with Gasteiger partial charge < -0.3 is 10.1 Å². The van der Waals surface area contributed by atoms with Crippen LogP contribution in [0.3, 0.4) is 0 Å². The molecule has 1 heterocycles. The SMILES string of the molecule is COc1ccc(Cl)c(NC2=N[C@@H](C(C)C)CS2)c1. The summed E-state index contributed by atoms with van der Waals surface area (Å²) in [5, 5.41) is 4.88. The summed E-state index contributed by atoms with van der Waals surface area (Å²) < 4.78 is 5.19. The van der Waals surface area contributed by atoms with Gasteiger partial charge in [-0.3, -0.25) is 4.99 Å². The molecule has 0 bridgehead atoms. The Morgan fingerprint density at radius 3 is 2.89 bits per heavy atom. The zero-order chi connectivity index (χ0) is 13.1. The van der Waals surface area contributed by atoms with E-state index in [2.05, 4.69) is 24.2 Å². The number of rotatable bonds is 3. The lowest BCUT2D eigenvalue weighted by molar-refractivity contribution is 0.415. The minimum atomic E-state index is 0.391. The molecule has 0 fully saturated rings. The maximum Gasteiger partial charge on any atom is 0.161 e. The van der Waals surface area contributed by atoms with Gasteiger partial charge in [0.25, 0.3) is 0 Å². The standard InChI is InChI=1S/C13H17ClN2OS/c1-8(2)12-7-18-13(16-12)15-11-6-9(17-3)4-5-10(11)14/h4-6,8,12H,7H2,1-3H3,(H,15,16)/t12-/m1/s1. The number of ether oxygens (including phenoxy) is 1. The number of halogens is 1. The van der Waals surface area contributed by atoms with E-state index in [9.17, 15) is 0 Å². The quantitative estimate of drug-likeness (QED) is 0.914. The molecule has 3 nitrogen and oxygen atoms in total. The fraction of sp³-hybridized carbons (Fsp3) is 0.462. The molecule has 0 spiro atoms. The van der Waals surface area contributed by atoms with Crippen LogP contribution in [0.15, 0.2) is 23.2 Å². The highest BCUT2D eigenvalue weighted by Crippen LogP contribution is 2.30. The van der Waals surface area contributed by atoms with Crippen molar-refractivity contribution in [1.82, 2.24) is 0 Å². The van der Waals surface area contributed by atoms with Crippen LogP contribution in [0, 0.1) is 5.92 Å². The number of anilines is 1. The van der Waals surface area contributed by atoms with E-state index >= 15 is 0 Å². The first kappa shape index (κ1) is 13.6. The molecule has 5 heteroatoms. The van der Waals surface area contributed by atoms with Crippen molar-refractivity contribution in [1.29, 1.82) is 0 Å². The molecule has 2 rings (SSSR count). The molecule has 0 aliphatic carbocycles. The average Bonchev–Trinajstić information content (AvgIpc) is 2.81. The lowest BCUT2D eigenvalue weighted by atomic mass is 10.1. The summed E-state index contributed by atoms with van der Waals surface area (Å²) in [6.45, 7) is 4.38. The van der Waals surface area contributed by atoms with Gasteiger partial charge in [-0.15, -0.1) is 0 Å². The molecule has 1 aliphatic heterocycles. The second-order valence-electron chi connectivity index (χ2n) is 4.53. The topological polar surface area (TPSA) is 33.6 Å². The first-order valence-electron chi connectivity index (χ1n) is 5.91. The zero-order valence-electron chi connectivity index (χ0n) is 10.7. The van der Waals surface area contributed by atoms with Crippen LogP contribution in [0.1, 0.15) is 13.8 Å². The van der Waals surface area contributed by atoms with E-state index in [1.54, 1.807) is 18.9 Å². The first-order chi connectivity index (χ1) is 8.60. The second-order valence-corrected chi connectivity index (χ2v) is 5.94. The Hall–Kier alpha value is -0.870. The predicted octanol–water partition coefficient (Wildman–Crippen LogP) is 3.89. The number of amidine groups is 1. The lowest BCUT2D eigenvalue weighted by Crippen LogP contribution is -2.12. The van der Waals surface area contributed by atoms with E-state index in [1.165, 1.54) is 0 Å². The van der Waals surface area contributed by atoms with Crippen molar-refractivity contribution in [2.24, 2.45) is 10.9 Å². The number of hydrogen-bond donors (Lipinski definition) is 1. The molecule has 0 unspecified atom stereocenters. The summed E-state index contributed by atoms with van der Waals surface area (Å²) in [6.07, 6.45) is 0. The highest BCUT2D eigenvalue weighted by Gasteiger charge is 2.21. The Balaban J connectivity index is 2.12. The van der Waals surface area contributed by atoms with Crippen molar-refractivity contribution in [3.63, 3.8) is 0 Å². The monoisotopic (exact) mass is 284 g/mol. The molecule has 1 atom stereocenters. The first-order valence-corrected chi connectivity index (χ1v) is 7.27. The normalized spacial score (nSPS) is 18.9. The third-order valence-electron chi connectivity index (χ3n) is 2.86. The molecule has 98 valence electrons. The maximum absolute atomic E-state index is 6.15. The van der Waals surface area contributed by atoms with Gasteiger partial charge in [0.2, 0.25) is 0 Å². The molecule has 1 aliphatic rings. The van der Waals surface area contributed by atoms with Gasteiger partial charge in [-0.2, -0.15) is 0 Å². The van der Waals surface area contributed by atoms with Crippen molar-refractivity contribution in [2.45, 2.75) is 19.9 Å². The van der Waals surface area contributed by atoms with Gasteiger partial charge in [-0.05, 0) is 18.1 Å². The molecule has 0 saturated heterocycles. The highest BCUT2D eigenvalue weighted by atomic mass is 35.5. The molecular weight excluding hydrogens is 268 g/mol. The lowest BCUT2D eigenvalue weighted by Gasteiger charge is -2.09. The van der Waals surface area contributed by atoms with Crippen LogP contribution in [-0.4, -0.2) is 24.1 Å². The van der Waals surface area contributed by atoms with Crippen LogP contribution in [0.4, 0.5) is 5.69 Å². The maximum atomic E-state index is 6.15. The molecule has 18 heavy (non-hydrogen) atoms. The number of nitrogens with one attached hydrogen (secondary N) is 1. The number of hydrogen-bond acceptors (Lipinski definition) is 4. The summed E-state index contributed by atoms with van der Waals surface area (Å²) in [6, 6.07) is 5.94. The number of aliphatic imine (C=N–C) groups is 1. The van der Waals surface area contributed by atoms with Gasteiger partial charge in [0.15, 0.2) is 5.17 Å². The number of methoxy groups -OCH3 is 1. The average molecular weight is 285 g/mol. The summed E-state index contributed by atoms with van der Waals surface area (Å²) >= 11 is 7.88. The summed E-state index contributed by atoms with van der Waals surface area (Å²) in [5.41, 5.74) is 0.840. The van der Waals surface area contributed by atoms with Crippen LogP contribution >= 0.6 is 23.4 Å². The Morgan fingerprint density at radius 2 is 2.28 bits per heavy atom. The molecule has 1 N–H and O–H groups in total. The Bertz CT molecular complexity index is 462. The summed E-state index contributed by atoms with van der Waals surface area (Å²) in [5.74, 6) is 2.38. The Kier molecular flexibility index (Phi) is 4.40. The minimum absolute atomic E-state index is 0.391. The molecule has 1 aromatic carbocycles. The van der Waals surface area contributed by atoms with E-state index in [0.717, 1.165) is 22.4 Å². The van der Waals surface area contributed by atoms with Gasteiger partial charge in [0.1, 0.15) is 5.75 Å². The van der Waals surface area contributed by atoms with Gasteiger partial charge in [-0.1, -0.05) is 37.2 Å². The number of nitrogens with zero attached hydrogens (tertiary/aromatic N) is 1. The second kappa shape index (κ2) is 5.85. The predicted molar refractivity (Wildman–Crippen MR) is 80.1 cm³/mol. The van der Waals surface area contributed by atoms with Crippen LogP contribution in [0.2, 0.25) is 5.02 Å². The molecular formula is C13H17ClN2OS. The van der Waals surface area contributed by atoms with Crippen molar-refractivity contribution < 1.29 is 4.74 Å². The third-order valence-corrected chi connectivity index (χ3v) is 4.18. The third kappa shape index (κ3) is 3.12. The number of thioether (sulfide) groups is 1. The zero-order valence-corrected chi connectivity index (χ0v) is 12.3. The Labute approximate surface area is 117 Å². The fourth-order valence-electron chi connectivity index (χ4n) is 1.64. The van der Waals surface area contributed by atoms with Gasteiger partial charge in [-0.25, -0.2) is 0 Å². The van der Waals surface area contributed by atoms with E-state index in [-0.39, 0.29) is 0 Å². The van der Waals surface area contributed by atoms with Gasteiger partial charge in [0, 0.05) is 11.8 Å². The van der Waals surface area contributed by atoms with Crippen LogP contribution in [0.25, 0.3) is 0 Å². The molecule has 0 saturated carbocycles. The van der Waals surface area contributed by atoms with Gasteiger partial charge in [0.05, 0.1) is 23.9 Å². The summed E-state index contributed by atoms with van der Waals surface area (Å²) in [4.78, 5) is 4.65. The van der Waals surface area contributed by atoms with Crippen molar-refractivity contribution >= 4 is 34.2 Å².